The number of aryl methyl sites for hydroxylation is 1. The average Bonchev–Trinajstić information content (AvgIpc) is 2.62. The minimum atomic E-state index is -0.747. The lowest BCUT2D eigenvalue weighted by molar-refractivity contribution is -0.122. The van der Waals surface area contributed by atoms with Crippen LogP contribution >= 0.6 is 0 Å². The van der Waals surface area contributed by atoms with Crippen LogP contribution in [0, 0.1) is 0 Å². The number of aldehydes is 1. The number of anilines is 1. The van der Waals surface area contributed by atoms with Crippen LogP contribution in [0.25, 0.3) is 0 Å². The van der Waals surface area contributed by atoms with Crippen molar-refractivity contribution in [2.45, 2.75) is 26.4 Å². The highest BCUT2D eigenvalue weighted by molar-refractivity contribution is 5.94. The molecule has 1 N–H and O–H groups in total. The molecule has 1 amide bonds. The van der Waals surface area contributed by atoms with Gasteiger partial charge in [-0.15, -0.1) is 0 Å². The third kappa shape index (κ3) is 4.35. The van der Waals surface area contributed by atoms with Crippen LogP contribution in [-0.4, -0.2) is 25.4 Å². The highest BCUT2D eigenvalue weighted by Gasteiger charge is 2.17. The van der Waals surface area contributed by atoms with E-state index in [0.29, 0.717) is 29.0 Å². The molecule has 0 heterocycles. The Bertz CT molecular complexity index is 710. The van der Waals surface area contributed by atoms with Gasteiger partial charge in [-0.25, -0.2) is 0 Å². The molecule has 0 aliphatic rings. The molecule has 0 saturated carbocycles. The second-order valence-corrected chi connectivity index (χ2v) is 5.32. The minimum absolute atomic E-state index is 0.285. The lowest BCUT2D eigenvalue weighted by atomic mass is 10.1. The van der Waals surface area contributed by atoms with Crippen molar-refractivity contribution in [2.24, 2.45) is 0 Å². The molecule has 5 nitrogen and oxygen atoms in total. The molecule has 0 radical (unpaired) electrons. The fraction of sp³-hybridized carbons (Fsp3) is 0.263. The quantitative estimate of drug-likeness (QED) is 0.791. The smallest absolute Gasteiger partial charge is 0.265 e. The number of hydrogen-bond donors (Lipinski definition) is 1. The summed E-state index contributed by atoms with van der Waals surface area (Å²) < 4.78 is 10.7. The fourth-order valence-corrected chi connectivity index (χ4v) is 2.16. The van der Waals surface area contributed by atoms with Crippen molar-refractivity contribution in [1.82, 2.24) is 0 Å². The number of methoxy groups -OCH3 is 1. The largest absolute Gasteiger partial charge is 0.497 e. The van der Waals surface area contributed by atoms with Gasteiger partial charge >= 0.3 is 0 Å². The Labute approximate surface area is 141 Å². The number of nitrogens with one attached hydrogen (secondary N) is 1. The van der Waals surface area contributed by atoms with Gasteiger partial charge in [0, 0.05) is 5.69 Å². The zero-order chi connectivity index (χ0) is 17.5. The summed E-state index contributed by atoms with van der Waals surface area (Å²) in [6.45, 7) is 3.71. The van der Waals surface area contributed by atoms with E-state index in [2.05, 4.69) is 12.2 Å². The number of benzene rings is 2. The summed E-state index contributed by atoms with van der Waals surface area (Å²) >= 11 is 0. The van der Waals surface area contributed by atoms with Crippen LogP contribution < -0.4 is 14.8 Å². The molecule has 0 fully saturated rings. The van der Waals surface area contributed by atoms with E-state index < -0.39 is 6.10 Å². The van der Waals surface area contributed by atoms with Crippen LogP contribution in [0.2, 0.25) is 0 Å². The zero-order valence-electron chi connectivity index (χ0n) is 14.0. The Morgan fingerprint density at radius 1 is 1.21 bits per heavy atom. The van der Waals surface area contributed by atoms with Gasteiger partial charge in [-0.1, -0.05) is 19.1 Å². The van der Waals surface area contributed by atoms with E-state index >= 15 is 0 Å². The minimum Gasteiger partial charge on any atom is -0.497 e. The maximum absolute atomic E-state index is 12.2. The number of hydrogen-bond acceptors (Lipinski definition) is 4. The van der Waals surface area contributed by atoms with Gasteiger partial charge in [-0.3, -0.25) is 9.59 Å². The summed E-state index contributed by atoms with van der Waals surface area (Å²) in [5, 5.41) is 2.80. The van der Waals surface area contributed by atoms with E-state index in [-0.39, 0.29) is 5.91 Å². The maximum Gasteiger partial charge on any atom is 0.265 e. The monoisotopic (exact) mass is 327 g/mol. The first-order valence-corrected chi connectivity index (χ1v) is 7.77. The molecule has 0 aliphatic carbocycles. The van der Waals surface area contributed by atoms with E-state index in [9.17, 15) is 9.59 Å². The molecular formula is C19H21NO4. The lowest BCUT2D eigenvalue weighted by Crippen LogP contribution is -2.30. The highest BCUT2D eigenvalue weighted by Crippen LogP contribution is 2.24. The SMILES string of the molecule is CCc1ccc(NC(=O)[C@@H](C)Oc2ccc(OC)cc2C=O)cc1. The van der Waals surface area contributed by atoms with Gasteiger partial charge in [0.2, 0.25) is 0 Å². The maximum atomic E-state index is 12.2. The summed E-state index contributed by atoms with van der Waals surface area (Å²) in [6, 6.07) is 12.5. The van der Waals surface area contributed by atoms with E-state index in [0.717, 1.165) is 6.42 Å². The Morgan fingerprint density at radius 3 is 2.50 bits per heavy atom. The molecule has 2 rings (SSSR count). The molecule has 2 aromatic carbocycles. The average molecular weight is 327 g/mol. The third-order valence-corrected chi connectivity index (χ3v) is 3.65. The molecule has 0 saturated heterocycles. The molecule has 0 aromatic heterocycles. The lowest BCUT2D eigenvalue weighted by Gasteiger charge is -2.16. The van der Waals surface area contributed by atoms with E-state index in [4.69, 9.17) is 9.47 Å². The van der Waals surface area contributed by atoms with Gasteiger partial charge in [0.15, 0.2) is 12.4 Å². The Balaban J connectivity index is 2.04. The molecule has 126 valence electrons. The Hall–Kier alpha value is -2.82. The van der Waals surface area contributed by atoms with Crippen LogP contribution in [0.1, 0.15) is 29.8 Å². The van der Waals surface area contributed by atoms with E-state index in [1.165, 1.54) is 12.7 Å². The first kappa shape index (κ1) is 17.5. The molecule has 24 heavy (non-hydrogen) atoms. The summed E-state index contributed by atoms with van der Waals surface area (Å²) in [7, 11) is 1.52. The first-order chi connectivity index (χ1) is 11.6. The van der Waals surface area contributed by atoms with E-state index in [1.807, 2.05) is 24.3 Å². The molecule has 2 aromatic rings. The molecule has 0 unspecified atom stereocenters. The van der Waals surface area contributed by atoms with E-state index in [1.54, 1.807) is 25.1 Å². The summed E-state index contributed by atoms with van der Waals surface area (Å²) in [5.41, 5.74) is 2.24. The molecule has 0 spiro atoms. The number of carbonyl (C=O) groups is 2. The van der Waals surface area contributed by atoms with Crippen molar-refractivity contribution in [2.75, 3.05) is 12.4 Å². The number of rotatable bonds is 7. The zero-order valence-corrected chi connectivity index (χ0v) is 14.0. The van der Waals surface area contributed by atoms with Gasteiger partial charge in [0.05, 0.1) is 12.7 Å². The number of amides is 1. The van der Waals surface area contributed by atoms with Crippen molar-refractivity contribution in [3.8, 4) is 11.5 Å². The topological polar surface area (TPSA) is 64.6 Å². The predicted molar refractivity (Wildman–Crippen MR) is 92.9 cm³/mol. The molecule has 1 atom stereocenters. The standard InChI is InChI=1S/C19H21NO4/c1-4-14-5-7-16(8-6-14)20-19(22)13(2)24-18-10-9-17(23-3)11-15(18)12-21/h5-13H,4H2,1-3H3,(H,20,22)/t13-/m1/s1. The molecule has 0 aliphatic heterocycles. The second-order valence-electron chi connectivity index (χ2n) is 5.32. The molecule has 5 heteroatoms. The second kappa shape index (κ2) is 8.15. The predicted octanol–water partition coefficient (Wildman–Crippen LogP) is 3.48. The van der Waals surface area contributed by atoms with Crippen molar-refractivity contribution < 1.29 is 19.1 Å². The van der Waals surface area contributed by atoms with Crippen LogP contribution in [0.5, 0.6) is 11.5 Å². The Morgan fingerprint density at radius 2 is 1.92 bits per heavy atom. The van der Waals surface area contributed by atoms with Crippen LogP contribution in [0.3, 0.4) is 0 Å². The van der Waals surface area contributed by atoms with Crippen LogP contribution in [0.15, 0.2) is 42.5 Å². The van der Waals surface area contributed by atoms with Gasteiger partial charge in [-0.2, -0.15) is 0 Å². The van der Waals surface area contributed by atoms with Gasteiger partial charge < -0.3 is 14.8 Å². The number of ether oxygens (including phenoxy) is 2. The normalized spacial score (nSPS) is 11.5. The summed E-state index contributed by atoms with van der Waals surface area (Å²) in [4.78, 5) is 23.4. The van der Waals surface area contributed by atoms with Crippen LogP contribution in [0.4, 0.5) is 5.69 Å². The van der Waals surface area contributed by atoms with Crippen molar-refractivity contribution >= 4 is 17.9 Å². The number of carbonyl (C=O) groups excluding carboxylic acids is 2. The molecule has 0 bridgehead atoms. The summed E-state index contributed by atoms with van der Waals surface area (Å²) in [6.07, 6.45) is 0.869. The summed E-state index contributed by atoms with van der Waals surface area (Å²) in [5.74, 6) is 0.610. The van der Waals surface area contributed by atoms with Crippen molar-refractivity contribution in [3.05, 3.63) is 53.6 Å². The first-order valence-electron chi connectivity index (χ1n) is 7.77. The van der Waals surface area contributed by atoms with Crippen molar-refractivity contribution in [3.63, 3.8) is 0 Å². The highest BCUT2D eigenvalue weighted by atomic mass is 16.5. The van der Waals surface area contributed by atoms with Gasteiger partial charge in [0.1, 0.15) is 11.5 Å². The van der Waals surface area contributed by atoms with Crippen LogP contribution in [-0.2, 0) is 11.2 Å². The fourth-order valence-electron chi connectivity index (χ4n) is 2.16. The van der Waals surface area contributed by atoms with Gasteiger partial charge in [-0.05, 0) is 49.2 Å². The van der Waals surface area contributed by atoms with Gasteiger partial charge in [0.25, 0.3) is 5.91 Å². The Kier molecular flexibility index (Phi) is 5.95. The third-order valence-electron chi connectivity index (χ3n) is 3.65. The molecular weight excluding hydrogens is 306 g/mol. The van der Waals surface area contributed by atoms with Crippen molar-refractivity contribution in [1.29, 1.82) is 0 Å².